The Morgan fingerprint density at radius 1 is 1.47 bits per heavy atom. The molecule has 84 valence electrons. The van der Waals surface area contributed by atoms with Crippen molar-refractivity contribution in [3.05, 3.63) is 11.6 Å². The predicted molar refractivity (Wildman–Crippen MR) is 54.1 cm³/mol. The molecule has 0 saturated carbocycles. The molecular weight excluding hydrogens is 196 g/mol. The van der Waals surface area contributed by atoms with E-state index in [1.807, 2.05) is 13.0 Å². The number of carbonyl (C=O) groups is 2. The van der Waals surface area contributed by atoms with E-state index in [9.17, 15) is 9.59 Å². The van der Waals surface area contributed by atoms with E-state index in [1.165, 1.54) is 19.6 Å². The number of allylic oxidation sites excluding steroid dienone is 1. The average Bonchev–Trinajstić information content (AvgIpc) is 2.20. The molecule has 4 heteroatoms. The van der Waals surface area contributed by atoms with Crippen LogP contribution in [0.5, 0.6) is 0 Å². The zero-order valence-corrected chi connectivity index (χ0v) is 9.33. The normalized spacial score (nSPS) is 25.4. The molecule has 0 aliphatic heterocycles. The van der Waals surface area contributed by atoms with E-state index in [0.29, 0.717) is 12.8 Å². The van der Waals surface area contributed by atoms with E-state index in [2.05, 4.69) is 4.74 Å². The summed E-state index contributed by atoms with van der Waals surface area (Å²) in [5.41, 5.74) is 0.113. The number of esters is 2. The summed E-state index contributed by atoms with van der Waals surface area (Å²) < 4.78 is 9.81. The quantitative estimate of drug-likeness (QED) is 0.515. The van der Waals surface area contributed by atoms with Crippen LogP contribution in [0.1, 0.15) is 33.1 Å². The molecule has 1 aliphatic carbocycles. The molecule has 4 nitrogen and oxygen atoms in total. The lowest BCUT2D eigenvalue weighted by Gasteiger charge is -2.32. The van der Waals surface area contributed by atoms with Crippen LogP contribution in [0, 0.1) is 0 Å². The maximum Gasteiger partial charge on any atom is 0.350 e. The van der Waals surface area contributed by atoms with E-state index in [1.54, 1.807) is 0 Å². The molecule has 1 unspecified atom stereocenters. The lowest BCUT2D eigenvalue weighted by atomic mass is 9.85. The van der Waals surface area contributed by atoms with Gasteiger partial charge in [0.2, 0.25) is 5.60 Å². The van der Waals surface area contributed by atoms with Crippen LogP contribution in [0.25, 0.3) is 0 Å². The summed E-state index contributed by atoms with van der Waals surface area (Å²) in [4.78, 5) is 22.6. The zero-order valence-electron chi connectivity index (χ0n) is 9.33. The summed E-state index contributed by atoms with van der Waals surface area (Å²) in [6, 6.07) is 0. The number of carbonyl (C=O) groups excluding carboxylic acids is 2. The van der Waals surface area contributed by atoms with E-state index >= 15 is 0 Å². The van der Waals surface area contributed by atoms with Crippen molar-refractivity contribution in [3.63, 3.8) is 0 Å². The number of ether oxygens (including phenoxy) is 2. The van der Waals surface area contributed by atoms with Gasteiger partial charge in [0.05, 0.1) is 7.11 Å². The molecule has 1 atom stereocenters. The molecule has 15 heavy (non-hydrogen) atoms. The van der Waals surface area contributed by atoms with Gasteiger partial charge in [0.25, 0.3) is 0 Å². The van der Waals surface area contributed by atoms with Gasteiger partial charge >= 0.3 is 11.9 Å². The molecular formula is C11H16O4. The van der Waals surface area contributed by atoms with Crippen molar-refractivity contribution in [2.45, 2.75) is 38.7 Å². The van der Waals surface area contributed by atoms with Gasteiger partial charge in [-0.1, -0.05) is 11.6 Å². The van der Waals surface area contributed by atoms with Crippen molar-refractivity contribution < 1.29 is 19.1 Å². The van der Waals surface area contributed by atoms with Crippen LogP contribution in [-0.2, 0) is 19.1 Å². The third-order valence-corrected chi connectivity index (χ3v) is 2.60. The molecule has 0 N–H and O–H groups in total. The molecule has 0 amide bonds. The first-order chi connectivity index (χ1) is 7.00. The highest BCUT2D eigenvalue weighted by Gasteiger charge is 2.43. The predicted octanol–water partition coefficient (Wildman–Crippen LogP) is 1.59. The Balaban J connectivity index is 2.88. The Morgan fingerprint density at radius 2 is 2.13 bits per heavy atom. The Bertz CT molecular complexity index is 306. The molecule has 0 aromatic rings. The van der Waals surface area contributed by atoms with Crippen LogP contribution in [0.4, 0.5) is 0 Å². The lowest BCUT2D eigenvalue weighted by Crippen LogP contribution is -2.44. The Hall–Kier alpha value is -1.32. The number of hydrogen-bond acceptors (Lipinski definition) is 4. The van der Waals surface area contributed by atoms with Gasteiger partial charge in [-0.25, -0.2) is 4.79 Å². The van der Waals surface area contributed by atoms with Gasteiger partial charge in [-0.3, -0.25) is 4.79 Å². The van der Waals surface area contributed by atoms with Gasteiger partial charge in [0, 0.05) is 19.8 Å². The molecule has 0 fully saturated rings. The van der Waals surface area contributed by atoms with Gasteiger partial charge in [-0.15, -0.1) is 0 Å². The van der Waals surface area contributed by atoms with Gasteiger partial charge in [-0.2, -0.15) is 0 Å². The van der Waals surface area contributed by atoms with Crippen LogP contribution in [0.2, 0.25) is 0 Å². The summed E-state index contributed by atoms with van der Waals surface area (Å²) >= 11 is 0. The highest BCUT2D eigenvalue weighted by atomic mass is 16.6. The number of hydrogen-bond donors (Lipinski definition) is 0. The summed E-state index contributed by atoms with van der Waals surface area (Å²) in [6.45, 7) is 3.30. The third kappa shape index (κ3) is 2.58. The van der Waals surface area contributed by atoms with Crippen LogP contribution >= 0.6 is 0 Å². The van der Waals surface area contributed by atoms with Crippen molar-refractivity contribution in [2.24, 2.45) is 0 Å². The second-order valence-corrected chi connectivity index (χ2v) is 3.83. The lowest BCUT2D eigenvalue weighted by molar-refractivity contribution is -0.180. The molecule has 0 radical (unpaired) electrons. The van der Waals surface area contributed by atoms with Crippen molar-refractivity contribution in [2.75, 3.05) is 7.11 Å². The van der Waals surface area contributed by atoms with E-state index in [4.69, 9.17) is 4.74 Å². The standard InChI is InChI=1S/C11H16O4/c1-8-4-6-11(7-5-8,10(13)14-3)15-9(2)12/h4H,5-7H2,1-3H3. The molecule has 0 bridgehead atoms. The fourth-order valence-electron chi connectivity index (χ4n) is 1.72. The third-order valence-electron chi connectivity index (χ3n) is 2.60. The van der Waals surface area contributed by atoms with Gasteiger partial charge in [0.1, 0.15) is 0 Å². The highest BCUT2D eigenvalue weighted by Crippen LogP contribution is 2.32. The molecule has 0 heterocycles. The fourth-order valence-corrected chi connectivity index (χ4v) is 1.72. The van der Waals surface area contributed by atoms with Crippen molar-refractivity contribution in [1.29, 1.82) is 0 Å². The summed E-state index contributed by atoms with van der Waals surface area (Å²) in [6.07, 6.45) is 3.58. The topological polar surface area (TPSA) is 52.6 Å². The summed E-state index contributed by atoms with van der Waals surface area (Å²) in [5, 5.41) is 0. The monoisotopic (exact) mass is 212 g/mol. The van der Waals surface area contributed by atoms with E-state index in [0.717, 1.165) is 6.42 Å². The highest BCUT2D eigenvalue weighted by molar-refractivity contribution is 5.83. The SMILES string of the molecule is COC(=O)C1(OC(C)=O)CC=C(C)CC1. The molecule has 1 rings (SSSR count). The first-order valence-electron chi connectivity index (χ1n) is 4.94. The second-order valence-electron chi connectivity index (χ2n) is 3.83. The largest absolute Gasteiger partial charge is 0.466 e. The Kier molecular flexibility index (Phi) is 3.50. The van der Waals surface area contributed by atoms with Crippen LogP contribution in [-0.4, -0.2) is 24.6 Å². The van der Waals surface area contributed by atoms with E-state index in [-0.39, 0.29) is 0 Å². The minimum absolute atomic E-state index is 0.408. The number of methoxy groups -OCH3 is 1. The van der Waals surface area contributed by atoms with Gasteiger partial charge in [-0.05, 0) is 13.3 Å². The minimum Gasteiger partial charge on any atom is -0.466 e. The first-order valence-corrected chi connectivity index (χ1v) is 4.94. The smallest absolute Gasteiger partial charge is 0.350 e. The summed E-state index contributed by atoms with van der Waals surface area (Å²) in [7, 11) is 1.30. The van der Waals surface area contributed by atoms with Gasteiger partial charge in [0.15, 0.2) is 0 Å². The average molecular weight is 212 g/mol. The van der Waals surface area contributed by atoms with Crippen LogP contribution in [0.3, 0.4) is 0 Å². The molecule has 1 aliphatic rings. The Morgan fingerprint density at radius 3 is 2.53 bits per heavy atom. The van der Waals surface area contributed by atoms with Gasteiger partial charge < -0.3 is 9.47 Å². The zero-order chi connectivity index (χ0) is 11.5. The summed E-state index contributed by atoms with van der Waals surface area (Å²) in [5.74, 6) is -0.921. The van der Waals surface area contributed by atoms with Crippen molar-refractivity contribution >= 4 is 11.9 Å². The Labute approximate surface area is 89.2 Å². The molecule has 0 aromatic carbocycles. The molecule has 0 spiro atoms. The minimum atomic E-state index is -1.10. The maximum atomic E-state index is 11.6. The van der Waals surface area contributed by atoms with Crippen molar-refractivity contribution in [1.82, 2.24) is 0 Å². The van der Waals surface area contributed by atoms with E-state index < -0.39 is 17.5 Å². The fraction of sp³-hybridized carbons (Fsp3) is 0.636. The first kappa shape index (κ1) is 11.8. The maximum absolute atomic E-state index is 11.6. The van der Waals surface area contributed by atoms with Crippen LogP contribution < -0.4 is 0 Å². The molecule has 0 saturated heterocycles. The van der Waals surface area contributed by atoms with Crippen molar-refractivity contribution in [3.8, 4) is 0 Å². The second kappa shape index (κ2) is 4.47. The van der Waals surface area contributed by atoms with Crippen LogP contribution in [0.15, 0.2) is 11.6 Å². The number of rotatable bonds is 2. The molecule has 0 aromatic heterocycles.